The molecule has 3 aliphatic rings. The van der Waals surface area contributed by atoms with Gasteiger partial charge in [-0.1, -0.05) is 65.2 Å². The Morgan fingerprint density at radius 3 is 2.42 bits per heavy atom. The Morgan fingerprint density at radius 2 is 1.70 bits per heavy atom. The fourth-order valence-corrected chi connectivity index (χ4v) is 6.58. The zero-order valence-corrected chi connectivity index (χ0v) is 25.6. The van der Waals surface area contributed by atoms with Crippen LogP contribution in [0.2, 0.25) is 0 Å². The van der Waals surface area contributed by atoms with Crippen LogP contribution < -0.4 is 9.47 Å². The SMILES string of the molecule is CCCCCCC1OC1COc1cnc(C2CCc3cc(OCCCCCC(CC)C4CC4)c(F)c(F)c3C2(F)F)nc1. The third-order valence-corrected chi connectivity index (χ3v) is 9.42. The van der Waals surface area contributed by atoms with E-state index in [1.807, 2.05) is 0 Å². The van der Waals surface area contributed by atoms with Crippen LogP contribution in [-0.4, -0.2) is 35.4 Å². The van der Waals surface area contributed by atoms with Crippen LogP contribution in [0.5, 0.6) is 11.5 Å². The predicted octanol–water partition coefficient (Wildman–Crippen LogP) is 9.07. The van der Waals surface area contributed by atoms with Gasteiger partial charge in [-0.25, -0.2) is 23.1 Å². The highest BCUT2D eigenvalue weighted by Crippen LogP contribution is 2.51. The zero-order valence-electron chi connectivity index (χ0n) is 25.6. The molecule has 0 spiro atoms. The van der Waals surface area contributed by atoms with Crippen LogP contribution in [0.1, 0.15) is 120 Å². The highest BCUT2D eigenvalue weighted by molar-refractivity contribution is 5.44. The maximum Gasteiger partial charge on any atom is 0.286 e. The lowest BCUT2D eigenvalue weighted by Gasteiger charge is -2.33. The van der Waals surface area contributed by atoms with Gasteiger partial charge in [-0.15, -0.1) is 0 Å². The molecule has 1 saturated carbocycles. The van der Waals surface area contributed by atoms with E-state index in [0.717, 1.165) is 37.5 Å². The van der Waals surface area contributed by atoms with Crippen LogP contribution in [0.3, 0.4) is 0 Å². The first-order chi connectivity index (χ1) is 20.8. The van der Waals surface area contributed by atoms with Crippen LogP contribution in [-0.2, 0) is 17.1 Å². The second-order valence-corrected chi connectivity index (χ2v) is 12.6. The van der Waals surface area contributed by atoms with Gasteiger partial charge in [0.1, 0.15) is 18.5 Å². The van der Waals surface area contributed by atoms with Gasteiger partial charge in [-0.05, 0) is 62.0 Å². The Morgan fingerprint density at radius 1 is 0.930 bits per heavy atom. The summed E-state index contributed by atoms with van der Waals surface area (Å²) in [7, 11) is 0. The molecule has 0 amide bonds. The summed E-state index contributed by atoms with van der Waals surface area (Å²) < 4.78 is 78.3. The Balaban J connectivity index is 1.12. The van der Waals surface area contributed by atoms with Gasteiger partial charge in [0.25, 0.3) is 5.92 Å². The first kappa shape index (κ1) is 32.0. The number of aryl methyl sites for hydroxylation is 1. The molecule has 43 heavy (non-hydrogen) atoms. The fraction of sp³-hybridized carbons (Fsp3) is 0.706. The van der Waals surface area contributed by atoms with Crippen LogP contribution in [0, 0.1) is 23.5 Å². The van der Waals surface area contributed by atoms with Gasteiger partial charge >= 0.3 is 0 Å². The number of halogens is 4. The van der Waals surface area contributed by atoms with E-state index >= 15 is 13.2 Å². The number of aromatic nitrogens is 2. The minimum Gasteiger partial charge on any atom is -0.490 e. The van der Waals surface area contributed by atoms with Crippen molar-refractivity contribution in [2.24, 2.45) is 11.8 Å². The number of epoxide rings is 1. The molecule has 2 aliphatic carbocycles. The number of hydrogen-bond donors (Lipinski definition) is 0. The number of benzene rings is 1. The number of alkyl halides is 2. The maximum atomic E-state index is 15.6. The quantitative estimate of drug-likeness (QED) is 0.0963. The molecule has 4 atom stereocenters. The molecule has 9 heteroatoms. The molecule has 4 unspecified atom stereocenters. The molecule has 1 aliphatic heterocycles. The monoisotopic (exact) mass is 606 g/mol. The molecule has 0 bridgehead atoms. The number of rotatable bonds is 18. The van der Waals surface area contributed by atoms with E-state index in [2.05, 4.69) is 23.8 Å². The molecule has 1 saturated heterocycles. The number of ether oxygens (including phenoxy) is 3. The van der Waals surface area contributed by atoms with Gasteiger partial charge in [0.05, 0.1) is 36.6 Å². The topological polar surface area (TPSA) is 56.8 Å². The number of fused-ring (bicyclic) bond motifs is 1. The van der Waals surface area contributed by atoms with Crippen molar-refractivity contribution in [1.29, 1.82) is 0 Å². The predicted molar refractivity (Wildman–Crippen MR) is 157 cm³/mol. The first-order valence-electron chi connectivity index (χ1n) is 16.5. The van der Waals surface area contributed by atoms with E-state index in [-0.39, 0.29) is 48.8 Å². The van der Waals surface area contributed by atoms with Gasteiger partial charge < -0.3 is 14.2 Å². The average Bonchev–Trinajstić information content (AvgIpc) is 3.93. The lowest BCUT2D eigenvalue weighted by molar-refractivity contribution is -0.0500. The second-order valence-electron chi connectivity index (χ2n) is 12.6. The molecular weight excluding hydrogens is 560 g/mol. The lowest BCUT2D eigenvalue weighted by atomic mass is 9.79. The largest absolute Gasteiger partial charge is 0.490 e. The highest BCUT2D eigenvalue weighted by atomic mass is 19.3. The van der Waals surface area contributed by atoms with Gasteiger partial charge in [-0.3, -0.25) is 0 Å². The third-order valence-electron chi connectivity index (χ3n) is 9.42. The van der Waals surface area contributed by atoms with Crippen LogP contribution in [0.4, 0.5) is 17.6 Å². The van der Waals surface area contributed by atoms with Crippen molar-refractivity contribution in [1.82, 2.24) is 9.97 Å². The van der Waals surface area contributed by atoms with Crippen LogP contribution in [0.25, 0.3) is 0 Å². The Labute approximate surface area is 253 Å². The van der Waals surface area contributed by atoms with Crippen molar-refractivity contribution in [3.8, 4) is 11.5 Å². The number of nitrogens with zero attached hydrogens (tertiary/aromatic N) is 2. The molecule has 0 N–H and O–H groups in total. The number of unbranched alkanes of at least 4 members (excludes halogenated alkanes) is 5. The lowest BCUT2D eigenvalue weighted by Crippen LogP contribution is -2.33. The van der Waals surface area contributed by atoms with Crippen LogP contribution >= 0.6 is 0 Å². The van der Waals surface area contributed by atoms with Crippen molar-refractivity contribution >= 4 is 0 Å². The van der Waals surface area contributed by atoms with E-state index in [9.17, 15) is 4.39 Å². The summed E-state index contributed by atoms with van der Waals surface area (Å²) in [6, 6.07) is 1.24. The van der Waals surface area contributed by atoms with E-state index in [1.165, 1.54) is 63.4 Å². The molecule has 2 aromatic rings. The molecule has 1 aromatic carbocycles. The standard InChI is InChI=1S/C34H46F4N2O3/c1-3-5-6-9-12-27-29(43-27)21-42-25-19-39-33(40-20-25)26-16-15-24-18-28(31(35)32(36)30(24)34(26,37)38)41-17-10-7-8-11-22(4-2)23-13-14-23/h18-20,22-23,26-27,29H,3-17,21H2,1-2H3. The summed E-state index contributed by atoms with van der Waals surface area (Å²) in [4.78, 5) is 8.25. The summed E-state index contributed by atoms with van der Waals surface area (Å²) in [5.41, 5.74) is -0.849. The Hall–Kier alpha value is -2.42. The molecular formula is C34H46F4N2O3. The van der Waals surface area contributed by atoms with E-state index < -0.39 is 29.0 Å². The maximum absolute atomic E-state index is 15.6. The summed E-state index contributed by atoms with van der Waals surface area (Å²) >= 11 is 0. The molecule has 2 heterocycles. The van der Waals surface area contributed by atoms with Crippen molar-refractivity contribution in [3.05, 3.63) is 47.0 Å². The Bertz CT molecular complexity index is 1190. The van der Waals surface area contributed by atoms with Crippen molar-refractivity contribution < 1.29 is 31.8 Å². The molecule has 0 radical (unpaired) electrons. The normalized spacial score (nSPS) is 23.1. The van der Waals surface area contributed by atoms with Crippen LogP contribution in [0.15, 0.2) is 18.5 Å². The fourth-order valence-electron chi connectivity index (χ4n) is 6.58. The number of hydrogen-bond acceptors (Lipinski definition) is 5. The zero-order chi connectivity index (χ0) is 30.4. The van der Waals surface area contributed by atoms with Gasteiger partial charge in [0, 0.05) is 0 Å². The van der Waals surface area contributed by atoms with Crippen molar-refractivity contribution in [2.45, 2.75) is 128 Å². The molecule has 2 fully saturated rings. The smallest absolute Gasteiger partial charge is 0.286 e. The van der Waals surface area contributed by atoms with Gasteiger partial charge in [0.15, 0.2) is 17.3 Å². The summed E-state index contributed by atoms with van der Waals surface area (Å²) in [6.07, 6.45) is 16.6. The first-order valence-corrected chi connectivity index (χ1v) is 16.5. The minimum absolute atomic E-state index is 0.0000686. The molecule has 5 rings (SSSR count). The van der Waals surface area contributed by atoms with E-state index in [1.54, 1.807) is 0 Å². The van der Waals surface area contributed by atoms with E-state index in [4.69, 9.17) is 14.2 Å². The van der Waals surface area contributed by atoms with Crippen molar-refractivity contribution in [3.63, 3.8) is 0 Å². The minimum atomic E-state index is -3.68. The van der Waals surface area contributed by atoms with Gasteiger partial charge in [-0.2, -0.15) is 4.39 Å². The van der Waals surface area contributed by atoms with E-state index in [0.29, 0.717) is 18.8 Å². The molecule has 5 nitrogen and oxygen atoms in total. The second kappa shape index (κ2) is 14.6. The van der Waals surface area contributed by atoms with Crippen molar-refractivity contribution in [2.75, 3.05) is 13.2 Å². The summed E-state index contributed by atoms with van der Waals surface area (Å²) in [6.45, 7) is 4.99. The summed E-state index contributed by atoms with van der Waals surface area (Å²) in [5.74, 6) is -6.45. The molecule has 238 valence electrons. The Kier molecular flexibility index (Phi) is 10.8. The summed E-state index contributed by atoms with van der Waals surface area (Å²) in [5, 5.41) is 0. The third kappa shape index (κ3) is 8.00. The van der Waals surface area contributed by atoms with Gasteiger partial charge in [0.2, 0.25) is 5.82 Å². The average molecular weight is 607 g/mol. The molecule has 1 aromatic heterocycles. The highest BCUT2D eigenvalue weighted by Gasteiger charge is 2.51.